The zero-order valence-corrected chi connectivity index (χ0v) is 25.6. The molecule has 0 saturated heterocycles. The summed E-state index contributed by atoms with van der Waals surface area (Å²) < 4.78 is 0. The van der Waals surface area contributed by atoms with Crippen molar-refractivity contribution in [3.05, 3.63) is 206 Å². The average molecular weight is 608 g/mol. The Morgan fingerprint density at radius 1 is 0.333 bits per heavy atom. The predicted molar refractivity (Wildman–Crippen MR) is 170 cm³/mol. The van der Waals surface area contributed by atoms with Gasteiger partial charge in [0.15, 0.2) is 0 Å². The summed E-state index contributed by atoms with van der Waals surface area (Å²) in [4.78, 5) is 0. The first kappa shape index (κ1) is 43.2. The number of allylic oxidation sites excluding steroid dienone is 4. The molecule has 0 aliphatic heterocycles. The van der Waals surface area contributed by atoms with Gasteiger partial charge in [0.05, 0.1) is 0 Å². The van der Waals surface area contributed by atoms with Gasteiger partial charge in [-0.15, -0.1) is 43.6 Å². The number of hydrogen-bond acceptors (Lipinski definition) is 0. The van der Waals surface area contributed by atoms with E-state index < -0.39 is 0 Å². The van der Waals surface area contributed by atoms with Gasteiger partial charge in [0.25, 0.3) is 0 Å². The number of halogens is 3. The molecule has 0 nitrogen and oxygen atoms in total. The first-order valence-electron chi connectivity index (χ1n) is 11.3. The van der Waals surface area contributed by atoms with Gasteiger partial charge in [-0.2, -0.15) is 188 Å². The molecule has 0 radical (unpaired) electrons. The summed E-state index contributed by atoms with van der Waals surface area (Å²) >= 11 is 0. The van der Waals surface area contributed by atoms with Crippen molar-refractivity contribution >= 4 is 37.2 Å². The third-order valence-corrected chi connectivity index (χ3v) is 3.62. The van der Waals surface area contributed by atoms with Crippen LogP contribution in [0.2, 0.25) is 0 Å². The Balaban J connectivity index is -0.000000185. The van der Waals surface area contributed by atoms with E-state index in [4.69, 9.17) is 0 Å². The minimum absolute atomic E-state index is 0. The Labute approximate surface area is 270 Å². The van der Waals surface area contributed by atoms with Gasteiger partial charge in [-0.05, 0) is 0 Å². The van der Waals surface area contributed by atoms with Crippen LogP contribution in [0.25, 0.3) is 0 Å². The second kappa shape index (κ2) is 39.7. The van der Waals surface area contributed by atoms with Crippen LogP contribution < -0.4 is 0 Å². The van der Waals surface area contributed by atoms with E-state index >= 15 is 0 Å². The van der Waals surface area contributed by atoms with Gasteiger partial charge in [-0.3, -0.25) is 6.08 Å². The van der Waals surface area contributed by atoms with Crippen molar-refractivity contribution in [3.63, 3.8) is 0 Å². The van der Waals surface area contributed by atoms with Crippen molar-refractivity contribution in [1.29, 1.82) is 0 Å². The Bertz CT molecular complexity index is 719. The number of benzene rings is 5. The van der Waals surface area contributed by atoms with Crippen LogP contribution in [0.15, 0.2) is 170 Å². The van der Waals surface area contributed by atoms with E-state index in [1.165, 1.54) is 0 Å². The van der Waals surface area contributed by atoms with Crippen molar-refractivity contribution in [2.75, 3.05) is 0 Å². The van der Waals surface area contributed by atoms with E-state index in [2.05, 4.69) is 42.5 Å². The molecule has 0 spiro atoms. The van der Waals surface area contributed by atoms with E-state index in [9.17, 15) is 0 Å². The molecule has 4 heteroatoms. The second-order valence-corrected chi connectivity index (χ2v) is 6.39. The maximum atomic E-state index is 2.99. The minimum atomic E-state index is 0. The van der Waals surface area contributed by atoms with E-state index in [0.29, 0.717) is 0 Å². The Morgan fingerprint density at radius 3 is 0.615 bits per heavy atom. The van der Waals surface area contributed by atoms with Crippen LogP contribution in [-0.4, -0.2) is 0 Å². The molecule has 0 unspecified atom stereocenters. The summed E-state index contributed by atoms with van der Waals surface area (Å²) in [6.07, 6.45) is 10.0. The summed E-state index contributed by atoms with van der Waals surface area (Å²) in [5, 5.41) is 0. The molecule has 0 N–H and O–H groups in total. The van der Waals surface area contributed by atoms with E-state index in [0.717, 1.165) is 6.42 Å². The summed E-state index contributed by atoms with van der Waals surface area (Å²) in [6.45, 7) is 0. The maximum absolute atomic E-state index is 2.99. The largest absolute Gasteiger partial charge is 0.273 e. The molecule has 0 aromatic heterocycles. The molecule has 6 rings (SSSR count). The molecule has 0 bridgehead atoms. The third kappa shape index (κ3) is 37.4. The van der Waals surface area contributed by atoms with Gasteiger partial charge >= 0.3 is 0 Å². The van der Waals surface area contributed by atoms with Crippen LogP contribution in [0, 0.1) is 36.4 Å². The molecule has 0 atom stereocenters. The smallest absolute Gasteiger partial charge is 0 e. The topological polar surface area (TPSA) is 0 Å². The monoisotopic (exact) mass is 606 g/mol. The standard InChI is InChI=1S/5C6H5.C5H5.3ClH.Ti/c5*1-2-4-6-5-3-1;1-2-4-5-3-1;;;;/h5*1-5H;1-3H,4H2;3*1H;/q6*-1;;;;. The summed E-state index contributed by atoms with van der Waals surface area (Å²) in [6, 6.07) is 62.5. The van der Waals surface area contributed by atoms with Gasteiger partial charge in [-0.25, -0.2) is 12.2 Å². The first-order chi connectivity index (χ1) is 17.5. The Kier molecular flexibility index (Phi) is 44.0. The van der Waals surface area contributed by atoms with Crippen LogP contribution in [0.4, 0.5) is 0 Å². The molecule has 0 amide bonds. The molecule has 1 aliphatic rings. The fourth-order valence-corrected chi connectivity index (χ4v) is 2.05. The van der Waals surface area contributed by atoms with Crippen LogP contribution in [0.5, 0.6) is 0 Å². The van der Waals surface area contributed by atoms with Gasteiger partial charge in [0.1, 0.15) is 0 Å². The molecule has 0 saturated carbocycles. The third-order valence-electron chi connectivity index (χ3n) is 3.62. The van der Waals surface area contributed by atoms with E-state index in [1.54, 1.807) is 0 Å². The predicted octanol–water partition coefficient (Wildman–Crippen LogP) is 10.0. The molecular weight excluding hydrogens is 575 g/mol. The summed E-state index contributed by atoms with van der Waals surface area (Å²) in [5.74, 6) is 0. The van der Waals surface area contributed by atoms with Crippen molar-refractivity contribution in [2.24, 2.45) is 0 Å². The fourth-order valence-electron chi connectivity index (χ4n) is 2.05. The van der Waals surface area contributed by atoms with E-state index in [1.807, 2.05) is 164 Å². The molecular formula is C35H33Cl3Ti-6. The minimum Gasteiger partial charge on any atom is -0.273 e. The second-order valence-electron chi connectivity index (χ2n) is 6.39. The van der Waals surface area contributed by atoms with Crippen LogP contribution in [-0.2, 0) is 21.7 Å². The summed E-state index contributed by atoms with van der Waals surface area (Å²) in [5.41, 5.74) is 0. The SMILES string of the molecule is Cl.Cl.Cl.[C-]1=CC=CC1.[Ti].[c-]1ccccc1.[c-]1ccccc1.[c-]1ccccc1.[c-]1ccccc1.[c-]1ccccc1. The van der Waals surface area contributed by atoms with Gasteiger partial charge < -0.3 is 0 Å². The van der Waals surface area contributed by atoms with Gasteiger partial charge in [0.2, 0.25) is 0 Å². The van der Waals surface area contributed by atoms with Crippen LogP contribution in [0.3, 0.4) is 0 Å². The number of hydrogen-bond donors (Lipinski definition) is 0. The fraction of sp³-hybridized carbons (Fsp3) is 0.0286. The Hall–Kier alpha value is -2.84. The molecule has 5 aromatic rings. The van der Waals surface area contributed by atoms with Gasteiger partial charge in [-0.1, -0.05) is 0 Å². The quantitative estimate of drug-likeness (QED) is 0.121. The zero-order chi connectivity index (χ0) is 24.7. The van der Waals surface area contributed by atoms with Crippen LogP contribution in [0.1, 0.15) is 6.42 Å². The molecule has 5 aromatic carbocycles. The molecule has 204 valence electrons. The summed E-state index contributed by atoms with van der Waals surface area (Å²) in [7, 11) is 0. The average Bonchev–Trinajstić information content (AvgIpc) is 3.60. The van der Waals surface area contributed by atoms with Crippen molar-refractivity contribution in [1.82, 2.24) is 0 Å². The van der Waals surface area contributed by atoms with E-state index in [-0.39, 0.29) is 58.9 Å². The molecule has 39 heavy (non-hydrogen) atoms. The molecule has 0 fully saturated rings. The normalized spacial score (nSPS) is 8.41. The number of rotatable bonds is 0. The van der Waals surface area contributed by atoms with Gasteiger partial charge in [0, 0.05) is 21.7 Å². The molecule has 0 heterocycles. The zero-order valence-electron chi connectivity index (χ0n) is 21.6. The maximum Gasteiger partial charge on any atom is 0 e. The van der Waals surface area contributed by atoms with Crippen LogP contribution >= 0.6 is 37.2 Å². The van der Waals surface area contributed by atoms with Crippen molar-refractivity contribution < 1.29 is 21.7 Å². The van der Waals surface area contributed by atoms with Crippen molar-refractivity contribution in [2.45, 2.75) is 6.42 Å². The Morgan fingerprint density at radius 2 is 0.564 bits per heavy atom. The molecule has 1 aliphatic carbocycles. The first-order valence-corrected chi connectivity index (χ1v) is 11.3. The van der Waals surface area contributed by atoms with Crippen molar-refractivity contribution in [3.8, 4) is 0 Å².